The highest BCUT2D eigenvalue weighted by Gasteiger charge is 2.36. The molecule has 32 heavy (non-hydrogen) atoms. The molecule has 3 aromatic carbocycles. The molecule has 0 aliphatic carbocycles. The van der Waals surface area contributed by atoms with Crippen LogP contribution < -0.4 is 5.32 Å². The van der Waals surface area contributed by atoms with Gasteiger partial charge < -0.3 is 15.5 Å². The van der Waals surface area contributed by atoms with Gasteiger partial charge in [-0.2, -0.15) is 18.4 Å². The first kappa shape index (κ1) is 23.3. The maximum atomic E-state index is 13.8. The van der Waals surface area contributed by atoms with Crippen molar-refractivity contribution in [1.82, 2.24) is 0 Å². The Balaban J connectivity index is 2.05. The molecule has 1 unspecified atom stereocenters. The van der Waals surface area contributed by atoms with Crippen LogP contribution in [0, 0.1) is 11.3 Å². The molecule has 0 spiro atoms. The van der Waals surface area contributed by atoms with Crippen LogP contribution in [0.25, 0.3) is 0 Å². The van der Waals surface area contributed by atoms with E-state index in [1.54, 1.807) is 0 Å². The maximum absolute atomic E-state index is 13.8. The van der Waals surface area contributed by atoms with E-state index in [9.17, 15) is 33.4 Å². The zero-order valence-electron chi connectivity index (χ0n) is 15.9. The Bertz CT molecular complexity index is 1220. The second kappa shape index (κ2) is 8.99. The minimum atomic E-state index is -4.86. The van der Waals surface area contributed by atoms with Crippen molar-refractivity contribution >= 4 is 34.8 Å². The quantitative estimate of drug-likeness (QED) is 0.406. The Morgan fingerprint density at radius 2 is 1.62 bits per heavy atom. The van der Waals surface area contributed by atoms with E-state index in [2.05, 4.69) is 5.32 Å². The zero-order valence-corrected chi connectivity index (χ0v) is 17.4. The van der Waals surface area contributed by atoms with Crippen LogP contribution in [-0.4, -0.2) is 16.1 Å². The highest BCUT2D eigenvalue weighted by atomic mass is 35.5. The molecule has 0 bridgehead atoms. The summed E-state index contributed by atoms with van der Waals surface area (Å²) in [4.78, 5) is 12.4. The van der Waals surface area contributed by atoms with Gasteiger partial charge in [-0.25, -0.2) is 0 Å². The topological polar surface area (TPSA) is 93.4 Å². The van der Waals surface area contributed by atoms with Gasteiger partial charge in [0.05, 0.1) is 17.6 Å². The average molecular weight is 481 g/mol. The third-order valence-electron chi connectivity index (χ3n) is 4.58. The number of halogens is 5. The Kier molecular flexibility index (Phi) is 6.53. The summed E-state index contributed by atoms with van der Waals surface area (Å²) in [5, 5.41) is 31.7. The molecule has 3 aromatic rings. The molecule has 0 radical (unpaired) electrons. The van der Waals surface area contributed by atoms with E-state index in [1.807, 2.05) is 6.07 Å². The predicted octanol–water partition coefficient (Wildman–Crippen LogP) is 6.33. The van der Waals surface area contributed by atoms with Crippen LogP contribution in [0.3, 0.4) is 0 Å². The lowest BCUT2D eigenvalue weighted by atomic mass is 9.88. The minimum absolute atomic E-state index is 0.0320. The average Bonchev–Trinajstić information content (AvgIpc) is 2.70. The van der Waals surface area contributed by atoms with Crippen molar-refractivity contribution < 1.29 is 28.2 Å². The Hall–Kier alpha value is -3.41. The number of hydrogen-bond acceptors (Lipinski definition) is 4. The number of amides is 1. The number of phenolic OH excluding ortho intramolecular Hbond substituents is 2. The van der Waals surface area contributed by atoms with Gasteiger partial charge in [-0.15, -0.1) is 0 Å². The standard InChI is InChI=1S/C22H13Cl2F3N2O3/c23-11-4-6-14(17(24)8-11)15(10-28)13-7-5-12(9-16(13)22(25,26)27)29-21(32)20-18(30)2-1-3-19(20)31/h1-9,15,30-31H,(H,29,32). The van der Waals surface area contributed by atoms with Crippen LogP contribution in [0.5, 0.6) is 11.5 Å². The first-order valence-electron chi connectivity index (χ1n) is 8.91. The number of nitrogens with one attached hydrogen (secondary N) is 1. The van der Waals surface area contributed by atoms with Gasteiger partial charge in [0, 0.05) is 15.7 Å². The van der Waals surface area contributed by atoms with Crippen LogP contribution in [0.4, 0.5) is 18.9 Å². The number of carbonyl (C=O) groups is 1. The van der Waals surface area contributed by atoms with Crippen molar-refractivity contribution in [3.63, 3.8) is 0 Å². The van der Waals surface area contributed by atoms with Crippen LogP contribution in [-0.2, 0) is 6.18 Å². The molecule has 5 nitrogen and oxygen atoms in total. The molecular formula is C22H13Cl2F3N2O3. The lowest BCUT2D eigenvalue weighted by Gasteiger charge is -2.19. The van der Waals surface area contributed by atoms with E-state index in [-0.39, 0.29) is 26.9 Å². The van der Waals surface area contributed by atoms with E-state index in [4.69, 9.17) is 23.2 Å². The van der Waals surface area contributed by atoms with Gasteiger partial charge in [0.25, 0.3) is 5.91 Å². The molecule has 0 aliphatic rings. The predicted molar refractivity (Wildman–Crippen MR) is 113 cm³/mol. The van der Waals surface area contributed by atoms with Crippen molar-refractivity contribution in [1.29, 1.82) is 5.26 Å². The number of anilines is 1. The smallest absolute Gasteiger partial charge is 0.416 e. The van der Waals surface area contributed by atoms with Crippen molar-refractivity contribution in [2.75, 3.05) is 5.32 Å². The second-order valence-electron chi connectivity index (χ2n) is 6.65. The summed E-state index contributed by atoms with van der Waals surface area (Å²) in [6, 6.07) is 12.4. The summed E-state index contributed by atoms with van der Waals surface area (Å²) in [5.74, 6) is -3.46. The minimum Gasteiger partial charge on any atom is -0.507 e. The summed E-state index contributed by atoms with van der Waals surface area (Å²) in [6.07, 6.45) is -4.86. The normalized spacial score (nSPS) is 12.1. The number of carbonyl (C=O) groups excluding carboxylic acids is 1. The van der Waals surface area contributed by atoms with Crippen molar-refractivity contribution in [3.05, 3.63) is 86.9 Å². The summed E-state index contributed by atoms with van der Waals surface area (Å²) in [7, 11) is 0. The van der Waals surface area contributed by atoms with Gasteiger partial charge in [0.15, 0.2) is 0 Å². The monoisotopic (exact) mass is 480 g/mol. The van der Waals surface area contributed by atoms with Crippen LogP contribution >= 0.6 is 23.2 Å². The summed E-state index contributed by atoms with van der Waals surface area (Å²) >= 11 is 11.9. The number of hydrogen-bond donors (Lipinski definition) is 3. The summed E-state index contributed by atoms with van der Waals surface area (Å²) < 4.78 is 41.5. The largest absolute Gasteiger partial charge is 0.507 e. The fourth-order valence-corrected chi connectivity index (χ4v) is 3.65. The number of benzene rings is 3. The third-order valence-corrected chi connectivity index (χ3v) is 5.14. The fraction of sp³-hybridized carbons (Fsp3) is 0.0909. The highest BCUT2D eigenvalue weighted by molar-refractivity contribution is 6.35. The maximum Gasteiger partial charge on any atom is 0.416 e. The van der Waals surface area contributed by atoms with Crippen molar-refractivity contribution in [3.8, 4) is 17.6 Å². The molecule has 0 saturated heterocycles. The lowest BCUT2D eigenvalue weighted by molar-refractivity contribution is -0.138. The Morgan fingerprint density at radius 1 is 1.00 bits per heavy atom. The van der Waals surface area contributed by atoms with Crippen LogP contribution in [0.2, 0.25) is 10.0 Å². The fourth-order valence-electron chi connectivity index (χ4n) is 3.13. The van der Waals surface area contributed by atoms with Crippen molar-refractivity contribution in [2.24, 2.45) is 0 Å². The molecule has 1 atom stereocenters. The number of nitriles is 1. The molecule has 0 fully saturated rings. The Morgan fingerprint density at radius 3 is 2.19 bits per heavy atom. The van der Waals surface area contributed by atoms with Gasteiger partial charge in [-0.1, -0.05) is 41.4 Å². The van der Waals surface area contributed by atoms with Gasteiger partial charge in [-0.3, -0.25) is 4.79 Å². The molecule has 3 rings (SSSR count). The third kappa shape index (κ3) is 4.74. The molecule has 164 valence electrons. The molecule has 3 N–H and O–H groups in total. The Labute approximate surface area is 190 Å². The summed E-state index contributed by atoms with van der Waals surface area (Å²) in [6.45, 7) is 0. The van der Waals surface area contributed by atoms with E-state index in [1.165, 1.54) is 30.3 Å². The first-order chi connectivity index (χ1) is 15.0. The van der Waals surface area contributed by atoms with E-state index >= 15 is 0 Å². The van der Waals surface area contributed by atoms with Crippen LogP contribution in [0.15, 0.2) is 54.6 Å². The molecule has 1 amide bonds. The van der Waals surface area contributed by atoms with Crippen molar-refractivity contribution in [2.45, 2.75) is 12.1 Å². The lowest BCUT2D eigenvalue weighted by Crippen LogP contribution is -2.16. The summed E-state index contributed by atoms with van der Waals surface area (Å²) in [5.41, 5.74) is -2.14. The zero-order chi connectivity index (χ0) is 23.6. The molecule has 10 heteroatoms. The van der Waals surface area contributed by atoms with Gasteiger partial charge in [-0.05, 0) is 47.5 Å². The second-order valence-corrected chi connectivity index (χ2v) is 7.50. The van der Waals surface area contributed by atoms with E-state index < -0.39 is 40.6 Å². The molecule has 0 saturated carbocycles. The van der Waals surface area contributed by atoms with E-state index in [0.29, 0.717) is 6.07 Å². The number of rotatable bonds is 4. The highest BCUT2D eigenvalue weighted by Crippen LogP contribution is 2.41. The molecular weight excluding hydrogens is 468 g/mol. The molecule has 0 aliphatic heterocycles. The van der Waals surface area contributed by atoms with Gasteiger partial charge in [0.1, 0.15) is 17.1 Å². The van der Waals surface area contributed by atoms with Gasteiger partial charge in [0.2, 0.25) is 0 Å². The number of alkyl halides is 3. The number of nitrogens with zero attached hydrogens (tertiary/aromatic N) is 1. The number of phenols is 2. The number of aromatic hydroxyl groups is 2. The SMILES string of the molecule is N#CC(c1ccc(Cl)cc1Cl)c1ccc(NC(=O)c2c(O)cccc2O)cc1C(F)(F)F. The first-order valence-corrected chi connectivity index (χ1v) is 9.66. The van der Waals surface area contributed by atoms with Gasteiger partial charge >= 0.3 is 6.18 Å². The molecule has 0 heterocycles. The van der Waals surface area contributed by atoms with E-state index in [0.717, 1.165) is 18.2 Å². The van der Waals surface area contributed by atoms with Crippen LogP contribution in [0.1, 0.15) is 33.0 Å². The molecule has 0 aromatic heterocycles.